The van der Waals surface area contributed by atoms with Crippen LogP contribution in [0.4, 0.5) is 4.39 Å². The number of rotatable bonds is 8. The van der Waals surface area contributed by atoms with Crippen molar-refractivity contribution in [2.24, 2.45) is 0 Å². The number of nitrogens with one attached hydrogen (secondary N) is 1. The normalized spacial score (nSPS) is 16.8. The van der Waals surface area contributed by atoms with Crippen molar-refractivity contribution >= 4 is 29.3 Å². The van der Waals surface area contributed by atoms with Crippen molar-refractivity contribution < 1.29 is 13.9 Å². The molecular weight excluding hydrogens is 451 g/mol. The summed E-state index contributed by atoms with van der Waals surface area (Å²) in [6, 6.07) is 13.6. The van der Waals surface area contributed by atoms with Crippen LogP contribution in [0.15, 0.2) is 53.7 Å². The number of amides is 1. The molecule has 4 rings (SSSR count). The first-order valence-electron chi connectivity index (χ1n) is 10.5. The highest BCUT2D eigenvalue weighted by atomic mass is 35.5. The molecule has 0 bridgehead atoms. The Bertz CT molecular complexity index is 1070. The van der Waals surface area contributed by atoms with Crippen molar-refractivity contribution in [3.8, 4) is 11.4 Å². The maximum absolute atomic E-state index is 13.4. The lowest BCUT2D eigenvalue weighted by atomic mass is 10.2. The Labute approximate surface area is 195 Å². The molecule has 1 N–H and O–H groups in total. The molecule has 0 radical (unpaired) electrons. The highest BCUT2D eigenvalue weighted by molar-refractivity contribution is 8.00. The number of benzene rings is 2. The molecule has 2 heterocycles. The monoisotopic (exact) mass is 474 g/mol. The van der Waals surface area contributed by atoms with E-state index in [1.807, 2.05) is 29.7 Å². The van der Waals surface area contributed by atoms with Crippen molar-refractivity contribution in [1.29, 1.82) is 0 Å². The quantitative estimate of drug-likeness (QED) is 0.479. The lowest BCUT2D eigenvalue weighted by Gasteiger charge is -2.16. The van der Waals surface area contributed by atoms with Gasteiger partial charge in [-0.25, -0.2) is 4.39 Å². The third kappa shape index (κ3) is 5.49. The molecule has 0 saturated carbocycles. The molecule has 1 aromatic heterocycles. The van der Waals surface area contributed by atoms with Crippen LogP contribution in [0.2, 0.25) is 5.02 Å². The van der Waals surface area contributed by atoms with Gasteiger partial charge in [-0.15, -0.1) is 10.2 Å². The summed E-state index contributed by atoms with van der Waals surface area (Å²) >= 11 is 7.51. The van der Waals surface area contributed by atoms with E-state index in [-0.39, 0.29) is 17.8 Å². The number of carbonyl (C=O) groups is 1. The molecule has 3 aromatic rings. The largest absolute Gasteiger partial charge is 0.376 e. The molecule has 6 nitrogen and oxygen atoms in total. The van der Waals surface area contributed by atoms with E-state index in [1.165, 1.54) is 23.9 Å². The zero-order valence-electron chi connectivity index (χ0n) is 17.6. The molecule has 0 aliphatic carbocycles. The van der Waals surface area contributed by atoms with Crippen LogP contribution in [-0.4, -0.2) is 38.6 Å². The highest BCUT2D eigenvalue weighted by Gasteiger charge is 2.24. The van der Waals surface area contributed by atoms with Gasteiger partial charge in [0.05, 0.1) is 17.9 Å². The van der Waals surface area contributed by atoms with E-state index in [0.717, 1.165) is 30.6 Å². The Hall–Kier alpha value is -2.42. The van der Waals surface area contributed by atoms with Crippen molar-refractivity contribution in [3.05, 3.63) is 64.9 Å². The summed E-state index contributed by atoms with van der Waals surface area (Å²) < 4.78 is 21.2. The summed E-state index contributed by atoms with van der Waals surface area (Å²) in [4.78, 5) is 12.7. The van der Waals surface area contributed by atoms with E-state index >= 15 is 0 Å². The third-order valence-electron chi connectivity index (χ3n) is 5.29. The fourth-order valence-corrected chi connectivity index (χ4v) is 4.61. The van der Waals surface area contributed by atoms with Crippen LogP contribution in [-0.2, 0) is 22.6 Å². The second kappa shape index (κ2) is 10.5. The van der Waals surface area contributed by atoms with Gasteiger partial charge in [0.25, 0.3) is 0 Å². The zero-order valence-corrected chi connectivity index (χ0v) is 19.2. The van der Waals surface area contributed by atoms with Gasteiger partial charge in [0.2, 0.25) is 5.91 Å². The maximum atomic E-state index is 13.4. The molecule has 1 aliphatic rings. The Morgan fingerprint density at radius 3 is 2.78 bits per heavy atom. The number of carbonyl (C=O) groups excluding carboxylic acids is 1. The minimum absolute atomic E-state index is 0.0638. The molecule has 2 atom stereocenters. The molecular formula is C23H24ClFN4O2S. The summed E-state index contributed by atoms with van der Waals surface area (Å²) in [5.74, 6) is 0.203. The maximum Gasteiger partial charge on any atom is 0.233 e. The molecule has 0 spiro atoms. The standard InChI is InChI=1S/C23H24ClFN4O2S/c1-15(22(30)26-13-17-5-2-3-7-20(17)24)32-23-28-27-21(16-8-10-18(25)11-9-16)29(23)14-19-6-4-12-31-19/h2-3,5,7-11,15,19H,4,6,12-14H2,1H3,(H,26,30). The zero-order chi connectivity index (χ0) is 22.5. The first kappa shape index (κ1) is 22.8. The molecule has 1 saturated heterocycles. The van der Waals surface area contributed by atoms with Gasteiger partial charge in [0.15, 0.2) is 11.0 Å². The fourth-order valence-electron chi connectivity index (χ4n) is 3.52. The minimum atomic E-state index is -0.397. The molecule has 1 aliphatic heterocycles. The molecule has 9 heteroatoms. The Morgan fingerprint density at radius 1 is 1.28 bits per heavy atom. The van der Waals surface area contributed by atoms with Gasteiger partial charge in [-0.2, -0.15) is 0 Å². The summed E-state index contributed by atoms with van der Waals surface area (Å²) in [5.41, 5.74) is 1.62. The van der Waals surface area contributed by atoms with Gasteiger partial charge >= 0.3 is 0 Å². The number of nitrogens with zero attached hydrogens (tertiary/aromatic N) is 3. The van der Waals surface area contributed by atoms with Crippen LogP contribution >= 0.6 is 23.4 Å². The Morgan fingerprint density at radius 2 is 2.06 bits per heavy atom. The summed E-state index contributed by atoms with van der Waals surface area (Å²) in [7, 11) is 0. The average molecular weight is 475 g/mol. The van der Waals surface area contributed by atoms with Gasteiger partial charge in [-0.1, -0.05) is 41.6 Å². The molecule has 32 heavy (non-hydrogen) atoms. The van der Waals surface area contributed by atoms with Crippen LogP contribution in [0.25, 0.3) is 11.4 Å². The van der Waals surface area contributed by atoms with E-state index in [0.29, 0.717) is 29.1 Å². The van der Waals surface area contributed by atoms with Crippen LogP contribution in [0.3, 0.4) is 0 Å². The summed E-state index contributed by atoms with van der Waals surface area (Å²) in [6.07, 6.45) is 2.04. The summed E-state index contributed by atoms with van der Waals surface area (Å²) in [5, 5.41) is 12.5. The first-order valence-corrected chi connectivity index (χ1v) is 11.8. The first-order chi connectivity index (χ1) is 15.5. The van der Waals surface area contributed by atoms with Gasteiger partial charge < -0.3 is 10.1 Å². The van der Waals surface area contributed by atoms with Crippen LogP contribution < -0.4 is 5.32 Å². The van der Waals surface area contributed by atoms with Gasteiger partial charge in [0.1, 0.15) is 5.82 Å². The predicted molar refractivity (Wildman–Crippen MR) is 123 cm³/mol. The van der Waals surface area contributed by atoms with E-state index in [1.54, 1.807) is 18.2 Å². The molecule has 1 fully saturated rings. The van der Waals surface area contributed by atoms with E-state index in [2.05, 4.69) is 15.5 Å². The van der Waals surface area contributed by atoms with Gasteiger partial charge in [0, 0.05) is 23.7 Å². The SMILES string of the molecule is CC(Sc1nnc(-c2ccc(F)cc2)n1CC1CCCO1)C(=O)NCc1ccccc1Cl. The smallest absolute Gasteiger partial charge is 0.233 e. The van der Waals surface area contributed by atoms with Crippen LogP contribution in [0.5, 0.6) is 0 Å². The topological polar surface area (TPSA) is 69.0 Å². The van der Waals surface area contributed by atoms with Crippen LogP contribution in [0.1, 0.15) is 25.3 Å². The second-order valence-electron chi connectivity index (χ2n) is 7.63. The van der Waals surface area contributed by atoms with Crippen molar-refractivity contribution in [1.82, 2.24) is 20.1 Å². The van der Waals surface area contributed by atoms with E-state index < -0.39 is 5.25 Å². The molecule has 168 valence electrons. The fraction of sp³-hybridized carbons (Fsp3) is 0.348. The summed E-state index contributed by atoms with van der Waals surface area (Å²) in [6.45, 7) is 3.50. The molecule has 1 amide bonds. The third-order valence-corrected chi connectivity index (χ3v) is 6.74. The van der Waals surface area contributed by atoms with Crippen molar-refractivity contribution in [3.63, 3.8) is 0 Å². The number of aromatic nitrogens is 3. The number of hydrogen-bond acceptors (Lipinski definition) is 5. The number of thioether (sulfide) groups is 1. The average Bonchev–Trinajstić information content (AvgIpc) is 3.44. The van der Waals surface area contributed by atoms with Gasteiger partial charge in [-0.05, 0) is 55.7 Å². The Kier molecular flexibility index (Phi) is 7.44. The highest BCUT2D eigenvalue weighted by Crippen LogP contribution is 2.29. The molecule has 2 aromatic carbocycles. The number of halogens is 2. The van der Waals surface area contributed by atoms with Crippen LogP contribution in [0, 0.1) is 5.82 Å². The lowest BCUT2D eigenvalue weighted by Crippen LogP contribution is -2.30. The lowest BCUT2D eigenvalue weighted by molar-refractivity contribution is -0.120. The second-order valence-corrected chi connectivity index (χ2v) is 9.34. The minimum Gasteiger partial charge on any atom is -0.376 e. The molecule has 2 unspecified atom stereocenters. The number of ether oxygens (including phenoxy) is 1. The number of hydrogen-bond donors (Lipinski definition) is 1. The Balaban J connectivity index is 1.49. The predicted octanol–water partition coefficient (Wildman–Crippen LogP) is 4.71. The van der Waals surface area contributed by atoms with E-state index in [9.17, 15) is 9.18 Å². The van der Waals surface area contributed by atoms with Crippen molar-refractivity contribution in [2.45, 2.75) is 49.4 Å². The van der Waals surface area contributed by atoms with Crippen molar-refractivity contribution in [2.75, 3.05) is 6.61 Å². The van der Waals surface area contributed by atoms with E-state index in [4.69, 9.17) is 16.3 Å². The van der Waals surface area contributed by atoms with Gasteiger partial charge in [-0.3, -0.25) is 9.36 Å².